The van der Waals surface area contributed by atoms with E-state index >= 15 is 0 Å². The first-order valence-corrected chi connectivity index (χ1v) is 6.37. The van der Waals surface area contributed by atoms with Gasteiger partial charge in [0.05, 0.1) is 11.7 Å². The van der Waals surface area contributed by atoms with Crippen LogP contribution in [-0.4, -0.2) is 16.1 Å². The molecule has 2 aromatic rings. The summed E-state index contributed by atoms with van der Waals surface area (Å²) in [4.78, 5) is 0. The van der Waals surface area contributed by atoms with Gasteiger partial charge in [0.1, 0.15) is 5.75 Å². The Hall–Kier alpha value is -2.18. The number of nitrogens with one attached hydrogen (secondary N) is 1. The lowest BCUT2D eigenvalue weighted by molar-refractivity contribution is -0.274. The summed E-state index contributed by atoms with van der Waals surface area (Å²) in [7, 11) is 1.84. The van der Waals surface area contributed by atoms with E-state index in [1.54, 1.807) is 16.8 Å². The molecule has 4 nitrogen and oxygen atoms in total. The number of hydrogen-bond acceptors (Lipinski definition) is 3. The van der Waals surface area contributed by atoms with E-state index in [1.165, 1.54) is 12.1 Å². The Bertz CT molecular complexity index is 605. The molecule has 1 atom stereocenters. The third-order valence-corrected chi connectivity index (χ3v) is 2.99. The van der Waals surface area contributed by atoms with E-state index in [0.717, 1.165) is 11.3 Å². The van der Waals surface area contributed by atoms with Crippen molar-refractivity contribution in [2.24, 2.45) is 7.05 Å². The highest BCUT2D eigenvalue weighted by Gasteiger charge is 2.30. The highest BCUT2D eigenvalue weighted by atomic mass is 19.4. The van der Waals surface area contributed by atoms with E-state index in [0.29, 0.717) is 5.69 Å². The van der Waals surface area contributed by atoms with E-state index in [-0.39, 0.29) is 11.8 Å². The van der Waals surface area contributed by atoms with Crippen molar-refractivity contribution in [3.63, 3.8) is 0 Å². The molecule has 0 aliphatic carbocycles. The van der Waals surface area contributed by atoms with E-state index in [4.69, 9.17) is 0 Å². The van der Waals surface area contributed by atoms with Gasteiger partial charge in [-0.25, -0.2) is 0 Å². The number of ether oxygens (including phenoxy) is 1. The Balaban J connectivity index is 2.05. The lowest BCUT2D eigenvalue weighted by Crippen LogP contribution is -2.17. The molecule has 1 aromatic heterocycles. The summed E-state index contributed by atoms with van der Waals surface area (Å²) in [5.74, 6) is -0.238. The molecule has 0 spiro atoms. The van der Waals surface area contributed by atoms with Gasteiger partial charge in [-0.05, 0) is 38.1 Å². The van der Waals surface area contributed by atoms with Crippen molar-refractivity contribution in [2.45, 2.75) is 26.3 Å². The first-order valence-electron chi connectivity index (χ1n) is 6.37. The SMILES string of the molecule is Cc1nn(C)cc1C(C)Nc1ccc(OC(F)(F)F)cc1. The van der Waals surface area contributed by atoms with Gasteiger partial charge in [0.2, 0.25) is 0 Å². The number of halogens is 3. The summed E-state index contributed by atoms with van der Waals surface area (Å²) in [6.07, 6.45) is -2.76. The van der Waals surface area contributed by atoms with E-state index in [1.807, 2.05) is 27.1 Å². The normalized spacial score (nSPS) is 13.0. The molecule has 0 amide bonds. The van der Waals surface area contributed by atoms with Crippen LogP contribution in [0.1, 0.15) is 24.2 Å². The summed E-state index contributed by atoms with van der Waals surface area (Å²) in [5.41, 5.74) is 2.66. The molecule has 1 heterocycles. The molecule has 0 saturated carbocycles. The Morgan fingerprint density at radius 2 is 1.86 bits per heavy atom. The van der Waals surface area contributed by atoms with Gasteiger partial charge in [0.15, 0.2) is 0 Å². The second kappa shape index (κ2) is 5.67. The van der Waals surface area contributed by atoms with Gasteiger partial charge in [0, 0.05) is 24.5 Å². The van der Waals surface area contributed by atoms with Crippen molar-refractivity contribution in [3.05, 3.63) is 41.7 Å². The summed E-state index contributed by atoms with van der Waals surface area (Å²) in [6.45, 7) is 3.87. The Morgan fingerprint density at radius 1 is 1.24 bits per heavy atom. The molecule has 0 aliphatic heterocycles. The van der Waals surface area contributed by atoms with Crippen LogP contribution in [0.2, 0.25) is 0 Å². The fourth-order valence-corrected chi connectivity index (χ4v) is 2.12. The minimum Gasteiger partial charge on any atom is -0.406 e. The molecular formula is C14H16F3N3O. The highest BCUT2D eigenvalue weighted by molar-refractivity contribution is 5.48. The van der Waals surface area contributed by atoms with Gasteiger partial charge < -0.3 is 10.1 Å². The summed E-state index contributed by atoms with van der Waals surface area (Å²) < 4.78 is 41.8. The fourth-order valence-electron chi connectivity index (χ4n) is 2.12. The van der Waals surface area contributed by atoms with E-state index < -0.39 is 6.36 Å². The van der Waals surface area contributed by atoms with Gasteiger partial charge >= 0.3 is 6.36 Å². The molecule has 1 unspecified atom stereocenters. The van der Waals surface area contributed by atoms with Crippen LogP contribution >= 0.6 is 0 Å². The Morgan fingerprint density at radius 3 is 2.33 bits per heavy atom. The maximum atomic E-state index is 12.1. The average Bonchev–Trinajstić information content (AvgIpc) is 2.69. The minimum absolute atomic E-state index is 0.00640. The quantitative estimate of drug-likeness (QED) is 0.933. The number of alkyl halides is 3. The number of aromatic nitrogens is 2. The molecule has 21 heavy (non-hydrogen) atoms. The van der Waals surface area contributed by atoms with Crippen LogP contribution in [-0.2, 0) is 7.05 Å². The maximum absolute atomic E-state index is 12.1. The molecule has 0 radical (unpaired) electrons. The highest BCUT2D eigenvalue weighted by Crippen LogP contribution is 2.26. The van der Waals surface area contributed by atoms with E-state index in [2.05, 4.69) is 15.2 Å². The average molecular weight is 299 g/mol. The topological polar surface area (TPSA) is 39.1 Å². The number of benzene rings is 1. The summed E-state index contributed by atoms with van der Waals surface area (Å²) in [6, 6.07) is 5.64. The molecule has 114 valence electrons. The number of hydrogen-bond donors (Lipinski definition) is 1. The Kier molecular flexibility index (Phi) is 4.11. The minimum atomic E-state index is -4.67. The zero-order valence-electron chi connectivity index (χ0n) is 11.9. The lowest BCUT2D eigenvalue weighted by Gasteiger charge is -2.15. The molecule has 2 rings (SSSR count). The Labute approximate surface area is 120 Å². The van der Waals surface area contributed by atoms with Crippen LogP contribution in [0.3, 0.4) is 0 Å². The number of aryl methyl sites for hydroxylation is 2. The van der Waals surface area contributed by atoms with Gasteiger partial charge in [-0.15, -0.1) is 13.2 Å². The number of anilines is 1. The third kappa shape index (κ3) is 4.14. The smallest absolute Gasteiger partial charge is 0.406 e. The predicted octanol–water partition coefficient (Wildman–Crippen LogP) is 3.80. The van der Waals surface area contributed by atoms with Gasteiger partial charge in [-0.1, -0.05) is 0 Å². The fraction of sp³-hybridized carbons (Fsp3) is 0.357. The van der Waals surface area contributed by atoms with Crippen LogP contribution in [0.5, 0.6) is 5.75 Å². The molecule has 0 bridgehead atoms. The van der Waals surface area contributed by atoms with Crippen LogP contribution in [0, 0.1) is 6.92 Å². The molecule has 1 aromatic carbocycles. The number of nitrogens with zero attached hydrogens (tertiary/aromatic N) is 2. The summed E-state index contributed by atoms with van der Waals surface area (Å²) >= 11 is 0. The summed E-state index contributed by atoms with van der Waals surface area (Å²) in [5, 5.41) is 7.47. The van der Waals surface area contributed by atoms with Crippen LogP contribution < -0.4 is 10.1 Å². The van der Waals surface area contributed by atoms with Gasteiger partial charge in [-0.2, -0.15) is 5.10 Å². The second-order valence-electron chi connectivity index (χ2n) is 4.78. The molecule has 7 heteroatoms. The zero-order valence-corrected chi connectivity index (χ0v) is 11.9. The lowest BCUT2D eigenvalue weighted by atomic mass is 10.1. The zero-order chi connectivity index (χ0) is 15.6. The van der Waals surface area contributed by atoms with Crippen LogP contribution in [0.4, 0.5) is 18.9 Å². The first-order chi connectivity index (χ1) is 9.74. The molecular weight excluding hydrogens is 283 g/mol. The molecule has 1 N–H and O–H groups in total. The molecule has 0 fully saturated rings. The van der Waals surface area contributed by atoms with Crippen LogP contribution in [0.25, 0.3) is 0 Å². The van der Waals surface area contributed by atoms with Crippen LogP contribution in [0.15, 0.2) is 30.5 Å². The van der Waals surface area contributed by atoms with Crippen molar-refractivity contribution < 1.29 is 17.9 Å². The largest absolute Gasteiger partial charge is 0.573 e. The van der Waals surface area contributed by atoms with Crippen molar-refractivity contribution in [2.75, 3.05) is 5.32 Å². The van der Waals surface area contributed by atoms with E-state index in [9.17, 15) is 13.2 Å². The first kappa shape index (κ1) is 15.2. The van der Waals surface area contributed by atoms with Gasteiger partial charge in [-0.3, -0.25) is 4.68 Å². The predicted molar refractivity (Wildman–Crippen MR) is 73.1 cm³/mol. The molecule has 0 aliphatic rings. The van der Waals surface area contributed by atoms with Crippen molar-refractivity contribution in [1.82, 2.24) is 9.78 Å². The van der Waals surface area contributed by atoms with Crippen molar-refractivity contribution in [3.8, 4) is 5.75 Å². The van der Waals surface area contributed by atoms with Crippen molar-refractivity contribution >= 4 is 5.69 Å². The molecule has 0 saturated heterocycles. The van der Waals surface area contributed by atoms with Crippen molar-refractivity contribution in [1.29, 1.82) is 0 Å². The van der Waals surface area contributed by atoms with Gasteiger partial charge in [0.25, 0.3) is 0 Å². The second-order valence-corrected chi connectivity index (χ2v) is 4.78. The monoisotopic (exact) mass is 299 g/mol. The maximum Gasteiger partial charge on any atom is 0.573 e. The third-order valence-electron chi connectivity index (χ3n) is 2.99. The standard InChI is InChI=1S/C14H16F3N3O/c1-9(13-8-20(3)19-10(13)2)18-11-4-6-12(7-5-11)21-14(15,16)17/h4-9,18H,1-3H3. The number of rotatable bonds is 4.